The summed E-state index contributed by atoms with van der Waals surface area (Å²) in [4.78, 5) is 11.0. The van der Waals surface area contributed by atoms with Gasteiger partial charge in [0.05, 0.1) is 7.11 Å². The Kier molecular flexibility index (Phi) is 6.02. The van der Waals surface area contributed by atoms with Gasteiger partial charge >= 0.3 is 16.3 Å². The van der Waals surface area contributed by atoms with Crippen LogP contribution in [0.2, 0.25) is 0 Å². The molecule has 0 aromatic rings. The van der Waals surface area contributed by atoms with Gasteiger partial charge in [0.25, 0.3) is 0 Å². The average molecular weight is 293 g/mol. The molecule has 0 saturated heterocycles. The molecule has 1 saturated carbocycles. The van der Waals surface area contributed by atoms with Crippen molar-refractivity contribution in [3.63, 3.8) is 0 Å². The van der Waals surface area contributed by atoms with Crippen molar-refractivity contribution in [2.45, 2.75) is 44.7 Å². The second-order valence-electron chi connectivity index (χ2n) is 4.68. The lowest BCUT2D eigenvalue weighted by molar-refractivity contribution is 0.176. The lowest BCUT2D eigenvalue weighted by Crippen LogP contribution is -2.48. The largest absolute Gasteiger partial charge is 0.452 e. The molecule has 0 aromatic heterocycles. The fraction of sp³-hybridized carbons (Fsp3) is 0.909. The smallest absolute Gasteiger partial charge is 0.421 e. The zero-order valence-electron chi connectivity index (χ0n) is 11.7. The highest BCUT2D eigenvalue weighted by Gasteiger charge is 2.31. The van der Waals surface area contributed by atoms with Crippen molar-refractivity contribution in [2.75, 3.05) is 20.7 Å². The molecule has 1 fully saturated rings. The van der Waals surface area contributed by atoms with E-state index in [9.17, 15) is 13.2 Å². The summed E-state index contributed by atoms with van der Waals surface area (Å²) in [5, 5.41) is 3.37. The highest BCUT2D eigenvalue weighted by atomic mass is 32.2. The molecule has 0 atom stereocenters. The van der Waals surface area contributed by atoms with Gasteiger partial charge in [-0.25, -0.2) is 9.52 Å². The van der Waals surface area contributed by atoms with Gasteiger partial charge in [-0.05, 0) is 32.2 Å². The van der Waals surface area contributed by atoms with Gasteiger partial charge in [-0.15, -0.1) is 0 Å². The third-order valence-corrected chi connectivity index (χ3v) is 4.96. The Labute approximate surface area is 114 Å². The quantitative estimate of drug-likeness (QED) is 0.768. The predicted molar refractivity (Wildman–Crippen MR) is 71.9 cm³/mol. The number of hydrogen-bond donors (Lipinski definition) is 2. The Morgan fingerprint density at radius 3 is 2.37 bits per heavy atom. The second kappa shape index (κ2) is 7.06. The van der Waals surface area contributed by atoms with E-state index in [0.717, 1.165) is 39.3 Å². The molecule has 1 amide bonds. The maximum absolute atomic E-state index is 11.9. The summed E-state index contributed by atoms with van der Waals surface area (Å²) in [5.74, 6) is 0. The van der Waals surface area contributed by atoms with Crippen LogP contribution in [0.5, 0.6) is 0 Å². The number of nitrogens with zero attached hydrogens (tertiary/aromatic N) is 1. The molecule has 112 valence electrons. The molecule has 0 spiro atoms. The molecule has 2 N–H and O–H groups in total. The molecule has 0 aromatic carbocycles. The van der Waals surface area contributed by atoms with Gasteiger partial charge in [-0.2, -0.15) is 12.7 Å². The second-order valence-corrected chi connectivity index (χ2v) is 6.41. The van der Waals surface area contributed by atoms with Crippen LogP contribution in [0.4, 0.5) is 4.79 Å². The van der Waals surface area contributed by atoms with Crippen LogP contribution in [0.3, 0.4) is 0 Å². The normalized spacial score (nSPS) is 24.2. The zero-order valence-corrected chi connectivity index (χ0v) is 12.5. The number of methoxy groups -OCH3 is 1. The molecular weight excluding hydrogens is 270 g/mol. The van der Waals surface area contributed by atoms with Crippen LogP contribution in [-0.4, -0.2) is 51.6 Å². The topological polar surface area (TPSA) is 87.7 Å². The van der Waals surface area contributed by atoms with Crippen LogP contribution >= 0.6 is 0 Å². The minimum absolute atomic E-state index is 0.0722. The van der Waals surface area contributed by atoms with E-state index in [0.29, 0.717) is 6.04 Å². The van der Waals surface area contributed by atoms with Crippen LogP contribution in [0.25, 0.3) is 0 Å². The van der Waals surface area contributed by atoms with E-state index in [1.165, 1.54) is 11.4 Å². The first-order valence-corrected chi connectivity index (χ1v) is 7.91. The number of hydrogen-bond acceptors (Lipinski definition) is 5. The molecule has 19 heavy (non-hydrogen) atoms. The van der Waals surface area contributed by atoms with E-state index >= 15 is 0 Å². The van der Waals surface area contributed by atoms with Crippen LogP contribution in [0, 0.1) is 0 Å². The number of nitrogens with one attached hydrogen (secondary N) is 2. The first-order valence-electron chi connectivity index (χ1n) is 6.47. The number of ether oxygens (including phenoxy) is 1. The third-order valence-electron chi connectivity index (χ3n) is 3.48. The van der Waals surface area contributed by atoms with Crippen LogP contribution < -0.4 is 10.0 Å². The van der Waals surface area contributed by atoms with Crippen LogP contribution in [-0.2, 0) is 14.9 Å². The third kappa shape index (κ3) is 4.63. The molecule has 8 heteroatoms. The minimum Gasteiger partial charge on any atom is -0.452 e. The fourth-order valence-corrected chi connectivity index (χ4v) is 3.39. The zero-order chi connectivity index (χ0) is 14.5. The molecule has 0 heterocycles. The summed E-state index contributed by atoms with van der Waals surface area (Å²) in [6, 6.07) is 0.392. The number of rotatable bonds is 5. The van der Waals surface area contributed by atoms with Crippen LogP contribution in [0.15, 0.2) is 0 Å². The van der Waals surface area contributed by atoms with E-state index < -0.39 is 16.3 Å². The Bertz CT molecular complexity index is 391. The van der Waals surface area contributed by atoms with Crippen molar-refractivity contribution in [1.82, 2.24) is 14.3 Å². The Balaban J connectivity index is 2.54. The van der Waals surface area contributed by atoms with Gasteiger partial charge in [0.1, 0.15) is 0 Å². The van der Waals surface area contributed by atoms with Gasteiger partial charge in [0.15, 0.2) is 0 Å². The van der Waals surface area contributed by atoms with E-state index in [2.05, 4.69) is 17.0 Å². The molecule has 0 bridgehead atoms. The summed E-state index contributed by atoms with van der Waals surface area (Å²) in [6.07, 6.45) is 2.49. The van der Waals surface area contributed by atoms with Gasteiger partial charge in [-0.1, -0.05) is 6.92 Å². The number of carbonyl (C=O) groups is 1. The summed E-state index contributed by atoms with van der Waals surface area (Å²) in [5.41, 5.74) is 0. The lowest BCUT2D eigenvalue weighted by Gasteiger charge is -2.33. The molecule has 0 aliphatic heterocycles. The predicted octanol–water partition coefficient (Wildman–Crippen LogP) is 0.440. The Morgan fingerprint density at radius 1 is 1.32 bits per heavy atom. The molecular formula is C11H23N3O4S. The van der Waals surface area contributed by atoms with Crippen molar-refractivity contribution >= 4 is 16.3 Å². The molecule has 0 unspecified atom stereocenters. The summed E-state index contributed by atoms with van der Waals surface area (Å²) in [7, 11) is -1.19. The maximum atomic E-state index is 11.9. The van der Waals surface area contributed by atoms with Gasteiger partial charge in [0, 0.05) is 19.1 Å². The van der Waals surface area contributed by atoms with E-state index in [-0.39, 0.29) is 6.04 Å². The molecule has 1 aliphatic rings. The Hall–Kier alpha value is -0.860. The lowest BCUT2D eigenvalue weighted by atomic mass is 9.91. The fourth-order valence-electron chi connectivity index (χ4n) is 2.35. The average Bonchev–Trinajstić information content (AvgIpc) is 2.38. The van der Waals surface area contributed by atoms with Gasteiger partial charge < -0.3 is 10.1 Å². The number of amides is 1. The van der Waals surface area contributed by atoms with Crippen molar-refractivity contribution in [1.29, 1.82) is 0 Å². The monoisotopic (exact) mass is 293 g/mol. The van der Waals surface area contributed by atoms with E-state index in [4.69, 9.17) is 0 Å². The van der Waals surface area contributed by atoms with Gasteiger partial charge in [-0.3, -0.25) is 0 Å². The first-order chi connectivity index (χ1) is 8.90. The standard InChI is InChI=1S/C11H23N3O4S/c1-4-12-9-5-7-10(8-6-9)14(2)19(16,17)13-11(15)18-3/h9-10,12H,4-8H2,1-3H3,(H,13,15). The van der Waals surface area contributed by atoms with Crippen LogP contribution in [0.1, 0.15) is 32.6 Å². The van der Waals surface area contributed by atoms with Crippen molar-refractivity contribution in [2.24, 2.45) is 0 Å². The maximum Gasteiger partial charge on any atom is 0.421 e. The SMILES string of the molecule is CCNC1CCC(N(C)S(=O)(=O)NC(=O)OC)CC1. The molecule has 7 nitrogen and oxygen atoms in total. The van der Waals surface area contributed by atoms with Crippen molar-refractivity contribution < 1.29 is 17.9 Å². The Morgan fingerprint density at radius 2 is 1.89 bits per heavy atom. The van der Waals surface area contributed by atoms with Crippen molar-refractivity contribution in [3.05, 3.63) is 0 Å². The van der Waals surface area contributed by atoms with Crippen molar-refractivity contribution in [3.8, 4) is 0 Å². The highest BCUT2D eigenvalue weighted by molar-refractivity contribution is 7.87. The summed E-state index contributed by atoms with van der Waals surface area (Å²) >= 11 is 0. The van der Waals surface area contributed by atoms with Gasteiger partial charge in [0.2, 0.25) is 0 Å². The van der Waals surface area contributed by atoms with E-state index in [1.807, 2.05) is 4.72 Å². The minimum atomic E-state index is -3.81. The highest BCUT2D eigenvalue weighted by Crippen LogP contribution is 2.23. The number of carbonyl (C=O) groups excluding carboxylic acids is 1. The first kappa shape index (κ1) is 16.2. The van der Waals surface area contributed by atoms with E-state index in [1.54, 1.807) is 0 Å². The summed E-state index contributed by atoms with van der Waals surface area (Å²) < 4.78 is 31.2. The molecule has 1 aliphatic carbocycles. The molecule has 1 rings (SSSR count). The summed E-state index contributed by atoms with van der Waals surface area (Å²) in [6.45, 7) is 2.98. The molecule has 0 radical (unpaired) electrons.